The lowest BCUT2D eigenvalue weighted by Gasteiger charge is -2.33. The average molecular weight is 426 g/mol. The van der Waals surface area contributed by atoms with Crippen molar-refractivity contribution in [3.63, 3.8) is 0 Å². The van der Waals surface area contributed by atoms with E-state index in [0.717, 1.165) is 47.6 Å². The van der Waals surface area contributed by atoms with Gasteiger partial charge in [0, 0.05) is 29.7 Å². The van der Waals surface area contributed by atoms with Gasteiger partial charge in [-0.25, -0.2) is 4.98 Å². The third-order valence-electron chi connectivity index (χ3n) is 5.91. The minimum atomic E-state index is -4.53. The van der Waals surface area contributed by atoms with Gasteiger partial charge in [-0.05, 0) is 66.5 Å². The second-order valence-electron chi connectivity index (χ2n) is 8.31. The molecule has 1 aromatic carbocycles. The zero-order chi connectivity index (χ0) is 22.2. The fourth-order valence-electron chi connectivity index (χ4n) is 4.06. The first-order chi connectivity index (χ1) is 14.8. The largest absolute Gasteiger partial charge is 0.474 e. The van der Waals surface area contributed by atoms with E-state index in [2.05, 4.69) is 16.9 Å². The van der Waals surface area contributed by atoms with E-state index in [0.29, 0.717) is 17.0 Å². The molecule has 0 bridgehead atoms. The fraction of sp³-hybridized carbons (Fsp3) is 0.360. The number of aryl methyl sites for hydroxylation is 2. The summed E-state index contributed by atoms with van der Waals surface area (Å²) in [6, 6.07) is 8.82. The van der Waals surface area contributed by atoms with Crippen molar-refractivity contribution in [3.05, 3.63) is 65.6 Å². The highest BCUT2D eigenvalue weighted by Crippen LogP contribution is 2.40. The molecule has 4 rings (SSSR count). The molecule has 3 nitrogen and oxygen atoms in total. The summed E-state index contributed by atoms with van der Waals surface area (Å²) in [6.45, 7) is 6.11. The number of hydrogen-bond donors (Lipinski definition) is 0. The summed E-state index contributed by atoms with van der Waals surface area (Å²) >= 11 is 0. The summed E-state index contributed by atoms with van der Waals surface area (Å²) in [5, 5.41) is 0. The van der Waals surface area contributed by atoms with E-state index in [1.54, 1.807) is 6.20 Å². The summed E-state index contributed by atoms with van der Waals surface area (Å²) < 4.78 is 46.8. The molecular formula is C25H25F3N2O. The minimum Gasteiger partial charge on any atom is -0.474 e. The predicted octanol–water partition coefficient (Wildman–Crippen LogP) is 6.88. The van der Waals surface area contributed by atoms with Gasteiger partial charge in [0.1, 0.15) is 11.7 Å². The standard InChI is InChI=1S/C25H25F3N2O/c1-4-17-11-18(5-6-21(17)22-14-29-8-7-16(22)3)19-12-23(25(26,27)28)24(30-13-19)31-20-9-15(2)10-20/h5-8,11-15,20H,4,9-10H2,1-3H3. The van der Waals surface area contributed by atoms with Gasteiger partial charge in [0.05, 0.1) is 0 Å². The van der Waals surface area contributed by atoms with Crippen molar-refractivity contribution in [2.45, 2.75) is 52.3 Å². The van der Waals surface area contributed by atoms with E-state index < -0.39 is 11.7 Å². The van der Waals surface area contributed by atoms with Gasteiger partial charge in [-0.1, -0.05) is 32.0 Å². The van der Waals surface area contributed by atoms with Gasteiger partial charge in [-0.15, -0.1) is 0 Å². The van der Waals surface area contributed by atoms with E-state index in [-0.39, 0.29) is 12.0 Å². The van der Waals surface area contributed by atoms with Crippen molar-refractivity contribution in [2.24, 2.45) is 5.92 Å². The van der Waals surface area contributed by atoms with Crippen LogP contribution in [0.2, 0.25) is 0 Å². The lowest BCUT2D eigenvalue weighted by atomic mass is 9.84. The van der Waals surface area contributed by atoms with Crippen LogP contribution in [0.4, 0.5) is 13.2 Å². The van der Waals surface area contributed by atoms with Crippen LogP contribution in [-0.2, 0) is 12.6 Å². The Hall–Kier alpha value is -2.89. The lowest BCUT2D eigenvalue weighted by Crippen LogP contribution is -2.32. The molecule has 0 aliphatic heterocycles. The molecule has 1 aliphatic carbocycles. The van der Waals surface area contributed by atoms with E-state index in [9.17, 15) is 13.2 Å². The Bertz CT molecular complexity index is 1090. The van der Waals surface area contributed by atoms with Crippen LogP contribution in [0.1, 0.15) is 43.4 Å². The molecule has 0 spiro atoms. The SMILES string of the molecule is CCc1cc(-c2cnc(OC3CC(C)C3)c(C(F)(F)F)c2)ccc1-c1cnccc1C. The second kappa shape index (κ2) is 8.33. The van der Waals surface area contributed by atoms with Gasteiger partial charge in [0.2, 0.25) is 5.88 Å². The van der Waals surface area contributed by atoms with Crippen LogP contribution < -0.4 is 4.74 Å². The lowest BCUT2D eigenvalue weighted by molar-refractivity contribution is -0.140. The minimum absolute atomic E-state index is 0.192. The molecule has 0 saturated heterocycles. The predicted molar refractivity (Wildman–Crippen MR) is 115 cm³/mol. The molecule has 1 fully saturated rings. The number of halogens is 3. The number of aromatic nitrogens is 2. The van der Waals surface area contributed by atoms with E-state index in [4.69, 9.17) is 4.74 Å². The van der Waals surface area contributed by atoms with Gasteiger partial charge < -0.3 is 4.74 Å². The Balaban J connectivity index is 1.71. The van der Waals surface area contributed by atoms with Crippen molar-refractivity contribution in [1.29, 1.82) is 0 Å². The van der Waals surface area contributed by atoms with Crippen LogP contribution in [0.5, 0.6) is 5.88 Å². The Morgan fingerprint density at radius 2 is 1.81 bits per heavy atom. The molecule has 1 saturated carbocycles. The highest BCUT2D eigenvalue weighted by atomic mass is 19.4. The van der Waals surface area contributed by atoms with Gasteiger partial charge in [-0.2, -0.15) is 13.2 Å². The molecule has 2 heterocycles. The molecule has 31 heavy (non-hydrogen) atoms. The summed E-state index contributed by atoms with van der Waals surface area (Å²) in [4.78, 5) is 8.28. The van der Waals surface area contributed by atoms with Gasteiger partial charge >= 0.3 is 6.18 Å². The third-order valence-corrected chi connectivity index (χ3v) is 5.91. The van der Waals surface area contributed by atoms with Crippen LogP contribution >= 0.6 is 0 Å². The van der Waals surface area contributed by atoms with Crippen molar-refractivity contribution < 1.29 is 17.9 Å². The van der Waals surface area contributed by atoms with Crippen molar-refractivity contribution in [1.82, 2.24) is 9.97 Å². The first kappa shape index (κ1) is 21.3. The Morgan fingerprint density at radius 3 is 2.45 bits per heavy atom. The molecule has 0 N–H and O–H groups in total. The molecule has 6 heteroatoms. The van der Waals surface area contributed by atoms with Crippen molar-refractivity contribution in [2.75, 3.05) is 0 Å². The number of ether oxygens (including phenoxy) is 1. The second-order valence-corrected chi connectivity index (χ2v) is 8.31. The fourth-order valence-corrected chi connectivity index (χ4v) is 4.06. The van der Waals surface area contributed by atoms with Crippen LogP contribution in [0.25, 0.3) is 22.3 Å². The Labute approximate surface area is 180 Å². The summed E-state index contributed by atoms with van der Waals surface area (Å²) in [5.41, 5.74) is 4.51. The van der Waals surface area contributed by atoms with Crippen LogP contribution in [0, 0.1) is 12.8 Å². The van der Waals surface area contributed by atoms with Crippen LogP contribution in [-0.4, -0.2) is 16.1 Å². The van der Waals surface area contributed by atoms with Gasteiger partial charge in [0.25, 0.3) is 0 Å². The number of hydrogen-bond acceptors (Lipinski definition) is 3. The normalized spacial score (nSPS) is 18.5. The molecule has 1 aliphatic rings. The Morgan fingerprint density at radius 1 is 1.03 bits per heavy atom. The monoisotopic (exact) mass is 426 g/mol. The van der Waals surface area contributed by atoms with E-state index in [1.807, 2.05) is 44.3 Å². The van der Waals surface area contributed by atoms with E-state index in [1.165, 1.54) is 6.20 Å². The van der Waals surface area contributed by atoms with E-state index >= 15 is 0 Å². The Kier molecular flexibility index (Phi) is 5.73. The van der Waals surface area contributed by atoms with Crippen molar-refractivity contribution in [3.8, 4) is 28.1 Å². The number of rotatable bonds is 5. The summed E-state index contributed by atoms with van der Waals surface area (Å²) in [5.74, 6) is 0.152. The molecule has 2 aromatic heterocycles. The molecule has 0 atom stereocenters. The average Bonchev–Trinajstić information content (AvgIpc) is 2.72. The third kappa shape index (κ3) is 4.43. The number of pyridine rings is 2. The molecular weight excluding hydrogens is 401 g/mol. The van der Waals surface area contributed by atoms with Crippen LogP contribution in [0.3, 0.4) is 0 Å². The van der Waals surface area contributed by atoms with Gasteiger partial charge in [0.15, 0.2) is 0 Å². The summed E-state index contributed by atoms with van der Waals surface area (Å²) in [6.07, 6.45) is 2.58. The maximum Gasteiger partial charge on any atom is 0.421 e. The highest BCUT2D eigenvalue weighted by molar-refractivity contribution is 5.75. The zero-order valence-electron chi connectivity index (χ0n) is 17.8. The quantitative estimate of drug-likeness (QED) is 0.446. The van der Waals surface area contributed by atoms with Crippen LogP contribution in [0.15, 0.2) is 48.9 Å². The topological polar surface area (TPSA) is 35.0 Å². The molecule has 0 unspecified atom stereocenters. The van der Waals surface area contributed by atoms with Gasteiger partial charge in [-0.3, -0.25) is 4.98 Å². The molecule has 162 valence electrons. The van der Waals surface area contributed by atoms with Crippen molar-refractivity contribution >= 4 is 0 Å². The first-order valence-electron chi connectivity index (χ1n) is 10.5. The highest BCUT2D eigenvalue weighted by Gasteiger charge is 2.38. The number of nitrogens with zero attached hydrogens (tertiary/aromatic N) is 2. The molecule has 0 radical (unpaired) electrons. The number of alkyl halides is 3. The molecule has 0 amide bonds. The number of benzene rings is 1. The smallest absolute Gasteiger partial charge is 0.421 e. The zero-order valence-corrected chi connectivity index (χ0v) is 17.8. The maximum absolute atomic E-state index is 13.7. The first-order valence-corrected chi connectivity index (χ1v) is 10.5. The summed E-state index contributed by atoms with van der Waals surface area (Å²) in [7, 11) is 0. The maximum atomic E-state index is 13.7. The molecule has 3 aromatic rings.